The van der Waals surface area contributed by atoms with Crippen molar-refractivity contribution in [3.63, 3.8) is 0 Å². The van der Waals surface area contributed by atoms with E-state index in [0.29, 0.717) is 29.8 Å². The summed E-state index contributed by atoms with van der Waals surface area (Å²) in [6.45, 7) is 4.35. The largest absolute Gasteiger partial charge is 0.493 e. The second-order valence-electron chi connectivity index (χ2n) is 7.68. The number of Topliss-reactive ketones (excluding diaryl/α,β-unsaturated/α-hetero) is 1. The van der Waals surface area contributed by atoms with Crippen LogP contribution in [0.2, 0.25) is 0 Å². The van der Waals surface area contributed by atoms with Crippen LogP contribution in [-0.2, 0) is 4.79 Å². The van der Waals surface area contributed by atoms with E-state index in [4.69, 9.17) is 19.6 Å². The van der Waals surface area contributed by atoms with E-state index in [1.54, 1.807) is 26.0 Å². The van der Waals surface area contributed by atoms with Crippen molar-refractivity contribution in [2.24, 2.45) is 5.92 Å². The van der Waals surface area contributed by atoms with Crippen molar-refractivity contribution in [2.75, 3.05) is 25.3 Å². The van der Waals surface area contributed by atoms with Gasteiger partial charge in [-0.05, 0) is 36.5 Å². The summed E-state index contributed by atoms with van der Waals surface area (Å²) < 4.78 is 12.7. The summed E-state index contributed by atoms with van der Waals surface area (Å²) in [5.41, 5.74) is 2.67. The Morgan fingerprint density at radius 2 is 2.03 bits per heavy atom. The first-order valence-electron chi connectivity index (χ1n) is 9.86. The van der Waals surface area contributed by atoms with Crippen LogP contribution in [0, 0.1) is 5.92 Å². The molecule has 8 heteroatoms. The molecule has 0 unspecified atom stereocenters. The van der Waals surface area contributed by atoms with Gasteiger partial charge in [0.1, 0.15) is 6.04 Å². The number of hydrogen-bond acceptors (Lipinski definition) is 7. The minimum absolute atomic E-state index is 0.163. The predicted octanol–water partition coefficient (Wildman–Crippen LogP) is 4.07. The van der Waals surface area contributed by atoms with Gasteiger partial charge in [-0.2, -0.15) is 4.98 Å². The topological polar surface area (TPSA) is 78.3 Å². The summed E-state index contributed by atoms with van der Waals surface area (Å²) in [7, 11) is 3.23. The normalized spacial score (nSPS) is 18.4. The molecule has 1 aliphatic heterocycles. The van der Waals surface area contributed by atoms with Gasteiger partial charge in [-0.3, -0.25) is 4.79 Å². The second kappa shape index (κ2) is 8.10. The van der Waals surface area contributed by atoms with Gasteiger partial charge >= 0.3 is 0 Å². The number of benzene rings is 1. The zero-order valence-electron chi connectivity index (χ0n) is 17.2. The van der Waals surface area contributed by atoms with Crippen LogP contribution in [-0.4, -0.2) is 40.5 Å². The van der Waals surface area contributed by atoms with Crippen molar-refractivity contribution in [3.8, 4) is 11.5 Å². The van der Waals surface area contributed by atoms with Crippen molar-refractivity contribution >= 4 is 23.5 Å². The average molecular weight is 415 g/mol. The smallest absolute Gasteiger partial charge is 0.227 e. The number of methoxy groups -OCH3 is 2. The van der Waals surface area contributed by atoms with Gasteiger partial charge in [0.25, 0.3) is 0 Å². The molecule has 1 N–H and O–H groups in total. The number of fused-ring (bicyclic) bond motifs is 1. The van der Waals surface area contributed by atoms with Crippen LogP contribution in [0.1, 0.15) is 44.7 Å². The first-order chi connectivity index (χ1) is 14.0. The molecule has 0 fully saturated rings. The summed E-state index contributed by atoms with van der Waals surface area (Å²) in [6, 6.07) is 5.44. The number of anilines is 1. The molecule has 0 saturated heterocycles. The molecule has 0 bridgehead atoms. The Kier molecular flexibility index (Phi) is 5.54. The van der Waals surface area contributed by atoms with Crippen LogP contribution in [0.25, 0.3) is 0 Å². The van der Waals surface area contributed by atoms with Crippen LogP contribution in [0.4, 0.5) is 5.95 Å². The molecule has 4 rings (SSSR count). The van der Waals surface area contributed by atoms with Gasteiger partial charge < -0.3 is 14.8 Å². The number of hydrogen-bond donors (Lipinski definition) is 1. The van der Waals surface area contributed by atoms with E-state index in [9.17, 15) is 4.79 Å². The maximum atomic E-state index is 12.9. The lowest BCUT2D eigenvalue weighted by atomic mass is 9.85. The number of nitrogens with zero attached hydrogens (tertiary/aromatic N) is 3. The Balaban J connectivity index is 1.81. The Hall–Kier alpha value is -2.48. The van der Waals surface area contributed by atoms with Crippen LogP contribution >= 0.6 is 11.8 Å². The quantitative estimate of drug-likeness (QED) is 0.714. The maximum absolute atomic E-state index is 12.9. The van der Waals surface area contributed by atoms with Gasteiger partial charge in [-0.15, -0.1) is 5.10 Å². The summed E-state index contributed by atoms with van der Waals surface area (Å²) >= 11 is 1.64. The van der Waals surface area contributed by atoms with E-state index in [0.717, 1.165) is 40.6 Å². The fourth-order valence-corrected chi connectivity index (χ4v) is 4.55. The minimum atomic E-state index is -0.324. The number of nitrogens with one attached hydrogen (secondary N) is 1. The van der Waals surface area contributed by atoms with E-state index in [2.05, 4.69) is 19.2 Å². The highest BCUT2D eigenvalue weighted by molar-refractivity contribution is 7.99. The van der Waals surface area contributed by atoms with E-state index < -0.39 is 0 Å². The van der Waals surface area contributed by atoms with E-state index in [-0.39, 0.29) is 11.8 Å². The third kappa shape index (κ3) is 3.73. The molecule has 154 valence electrons. The molecule has 1 aromatic carbocycles. The number of thioether (sulfide) groups is 1. The molecule has 1 aliphatic carbocycles. The standard InChI is InChI=1S/C21H26N4O3S/c1-12(2)11-29-21-23-20-22-14-6-5-7-15(26)18(14)19(25(20)24-21)13-8-9-16(27-3)17(10-13)28-4/h8-10,12,19H,5-7,11H2,1-4H3,(H,22,23,24)/t19-/m0/s1. The van der Waals surface area contributed by atoms with Crippen LogP contribution in [0.5, 0.6) is 11.5 Å². The maximum Gasteiger partial charge on any atom is 0.227 e. The van der Waals surface area contributed by atoms with Crippen molar-refractivity contribution < 1.29 is 14.3 Å². The first kappa shape index (κ1) is 19.8. The lowest BCUT2D eigenvalue weighted by Gasteiger charge is -2.32. The van der Waals surface area contributed by atoms with Gasteiger partial charge in [-0.1, -0.05) is 31.7 Å². The number of rotatable bonds is 6. The summed E-state index contributed by atoms with van der Waals surface area (Å²) in [4.78, 5) is 17.6. The fraction of sp³-hybridized carbons (Fsp3) is 0.476. The molecule has 0 radical (unpaired) electrons. The monoisotopic (exact) mass is 414 g/mol. The number of allylic oxidation sites excluding steroid dienone is 2. The number of ether oxygens (including phenoxy) is 2. The van der Waals surface area contributed by atoms with E-state index >= 15 is 0 Å². The summed E-state index contributed by atoms with van der Waals surface area (Å²) in [5.74, 6) is 3.62. The molecule has 0 spiro atoms. The zero-order chi connectivity index (χ0) is 20.5. The summed E-state index contributed by atoms with van der Waals surface area (Å²) in [5, 5.41) is 8.84. The van der Waals surface area contributed by atoms with Gasteiger partial charge in [0, 0.05) is 23.4 Å². The van der Waals surface area contributed by atoms with Crippen molar-refractivity contribution in [3.05, 3.63) is 35.0 Å². The van der Waals surface area contributed by atoms with Crippen LogP contribution < -0.4 is 14.8 Å². The molecule has 2 aromatic rings. The molecule has 29 heavy (non-hydrogen) atoms. The first-order valence-corrected chi connectivity index (χ1v) is 10.8. The van der Waals surface area contributed by atoms with Gasteiger partial charge in [0.15, 0.2) is 17.3 Å². The van der Waals surface area contributed by atoms with Crippen LogP contribution in [0.3, 0.4) is 0 Å². The van der Waals surface area contributed by atoms with Gasteiger partial charge in [0.2, 0.25) is 11.1 Å². The molecule has 1 atom stereocenters. The van der Waals surface area contributed by atoms with E-state index in [1.807, 2.05) is 22.9 Å². The van der Waals surface area contributed by atoms with E-state index in [1.165, 1.54) is 0 Å². The van der Waals surface area contributed by atoms with Gasteiger partial charge in [0.05, 0.1) is 14.2 Å². The lowest BCUT2D eigenvalue weighted by molar-refractivity contribution is -0.116. The fourth-order valence-electron chi connectivity index (χ4n) is 3.77. The number of carbonyl (C=O) groups excluding carboxylic acids is 1. The van der Waals surface area contributed by atoms with Crippen LogP contribution in [0.15, 0.2) is 34.6 Å². The van der Waals surface area contributed by atoms with Crippen molar-refractivity contribution in [2.45, 2.75) is 44.3 Å². The molecule has 0 amide bonds. The highest BCUT2D eigenvalue weighted by Gasteiger charge is 2.37. The molecular formula is C21H26N4O3S. The molecule has 2 heterocycles. The Bertz CT molecular complexity index is 967. The molecule has 7 nitrogen and oxygen atoms in total. The number of ketones is 1. The molecular weight excluding hydrogens is 388 g/mol. The third-order valence-electron chi connectivity index (χ3n) is 5.12. The summed E-state index contributed by atoms with van der Waals surface area (Å²) in [6.07, 6.45) is 2.25. The highest BCUT2D eigenvalue weighted by atomic mass is 32.2. The predicted molar refractivity (Wildman–Crippen MR) is 113 cm³/mol. The average Bonchev–Trinajstić information content (AvgIpc) is 3.13. The Morgan fingerprint density at radius 3 is 2.76 bits per heavy atom. The number of aromatic nitrogens is 3. The second-order valence-corrected chi connectivity index (χ2v) is 8.67. The van der Waals surface area contributed by atoms with Crippen molar-refractivity contribution in [1.82, 2.24) is 14.8 Å². The molecule has 0 saturated carbocycles. The Labute approximate surface area is 174 Å². The molecule has 2 aliphatic rings. The Morgan fingerprint density at radius 1 is 1.24 bits per heavy atom. The zero-order valence-corrected chi connectivity index (χ0v) is 18.0. The SMILES string of the molecule is COc1ccc([C@H]2C3=C(CCCC3=O)Nc3nc(SCC(C)C)nn32)cc1OC. The number of carbonyl (C=O) groups is 1. The van der Waals surface area contributed by atoms with Crippen molar-refractivity contribution in [1.29, 1.82) is 0 Å². The minimum Gasteiger partial charge on any atom is -0.493 e. The molecule has 1 aromatic heterocycles. The highest BCUT2D eigenvalue weighted by Crippen LogP contribution is 2.42. The lowest BCUT2D eigenvalue weighted by Crippen LogP contribution is -2.31. The van der Waals surface area contributed by atoms with Gasteiger partial charge in [-0.25, -0.2) is 4.68 Å². The third-order valence-corrected chi connectivity index (χ3v) is 6.38.